The van der Waals surface area contributed by atoms with Crippen LogP contribution in [0, 0.1) is 0 Å². The molecule has 0 bridgehead atoms. The second kappa shape index (κ2) is 9.20. The predicted molar refractivity (Wildman–Crippen MR) is 78.5 cm³/mol. The summed E-state index contributed by atoms with van der Waals surface area (Å²) in [6.07, 6.45) is 0.486. The minimum absolute atomic E-state index is 0.0542. The number of methoxy groups -OCH3 is 1. The van der Waals surface area contributed by atoms with Gasteiger partial charge in [-0.3, -0.25) is 4.79 Å². The van der Waals surface area contributed by atoms with Gasteiger partial charge in [0.1, 0.15) is 6.04 Å². The van der Waals surface area contributed by atoms with E-state index in [4.69, 9.17) is 19.3 Å². The highest BCUT2D eigenvalue weighted by molar-refractivity contribution is 5.75. The van der Waals surface area contributed by atoms with E-state index in [9.17, 15) is 4.79 Å². The van der Waals surface area contributed by atoms with E-state index in [2.05, 4.69) is 5.32 Å². The minimum Gasteiger partial charge on any atom is -0.493 e. The number of aliphatic hydroxyl groups is 1. The average molecular weight is 297 g/mol. The van der Waals surface area contributed by atoms with E-state index in [1.807, 2.05) is 0 Å². The normalized spacial score (nSPS) is 11.8. The number of nitrogens with one attached hydrogen (secondary N) is 1. The summed E-state index contributed by atoms with van der Waals surface area (Å²) < 4.78 is 15.8. The van der Waals surface area contributed by atoms with Crippen molar-refractivity contribution >= 4 is 5.97 Å². The Hall–Kier alpha value is -1.79. The highest BCUT2D eigenvalue weighted by Gasteiger charge is 2.17. The van der Waals surface area contributed by atoms with E-state index in [-0.39, 0.29) is 12.6 Å². The molecule has 0 aliphatic carbocycles. The molecule has 21 heavy (non-hydrogen) atoms. The summed E-state index contributed by atoms with van der Waals surface area (Å²) in [4.78, 5) is 11.6. The van der Waals surface area contributed by atoms with Crippen molar-refractivity contribution in [2.24, 2.45) is 0 Å². The Kier molecular flexibility index (Phi) is 7.56. The fraction of sp³-hybridized carbons (Fsp3) is 0.533. The van der Waals surface area contributed by atoms with Crippen LogP contribution >= 0.6 is 0 Å². The Morgan fingerprint density at radius 2 is 2.14 bits per heavy atom. The highest BCUT2D eigenvalue weighted by Crippen LogP contribution is 2.28. The van der Waals surface area contributed by atoms with Gasteiger partial charge in [-0.15, -0.1) is 0 Å². The molecule has 0 aromatic heterocycles. The lowest BCUT2D eigenvalue weighted by molar-refractivity contribution is -0.145. The van der Waals surface area contributed by atoms with Gasteiger partial charge in [0.15, 0.2) is 11.5 Å². The second-order valence-corrected chi connectivity index (χ2v) is 4.37. The standard InChI is InChI=1S/C15H23NO5/c1-4-20-15(18)12(16-2)7-8-21-13-6-5-11(10-17)9-14(13)19-3/h5-6,9,12,16-17H,4,7-8,10H2,1-3H3. The molecule has 2 N–H and O–H groups in total. The Bertz CT molecular complexity index is 450. The highest BCUT2D eigenvalue weighted by atomic mass is 16.5. The number of ether oxygens (including phenoxy) is 3. The topological polar surface area (TPSA) is 77.0 Å². The molecule has 6 nitrogen and oxygen atoms in total. The van der Waals surface area contributed by atoms with E-state index >= 15 is 0 Å². The first-order valence-electron chi connectivity index (χ1n) is 6.90. The number of aliphatic hydroxyl groups excluding tert-OH is 1. The van der Waals surface area contributed by atoms with Gasteiger partial charge < -0.3 is 24.6 Å². The van der Waals surface area contributed by atoms with Crippen LogP contribution in [0.5, 0.6) is 11.5 Å². The van der Waals surface area contributed by atoms with Gasteiger partial charge in [-0.2, -0.15) is 0 Å². The number of hydrogen-bond acceptors (Lipinski definition) is 6. The SMILES string of the molecule is CCOC(=O)C(CCOc1ccc(CO)cc1OC)NC. The monoisotopic (exact) mass is 297 g/mol. The number of carbonyl (C=O) groups excluding carboxylic acids is 1. The smallest absolute Gasteiger partial charge is 0.323 e. The summed E-state index contributed by atoms with van der Waals surface area (Å²) in [5.74, 6) is 0.846. The van der Waals surface area contributed by atoms with Gasteiger partial charge in [-0.1, -0.05) is 6.07 Å². The molecule has 0 heterocycles. The van der Waals surface area contributed by atoms with Crippen LogP contribution in [0.15, 0.2) is 18.2 Å². The molecule has 1 aromatic carbocycles. The summed E-state index contributed by atoms with van der Waals surface area (Å²) in [6.45, 7) is 2.42. The predicted octanol–water partition coefficient (Wildman–Crippen LogP) is 1.11. The van der Waals surface area contributed by atoms with Crippen LogP contribution in [0.2, 0.25) is 0 Å². The zero-order valence-corrected chi connectivity index (χ0v) is 12.7. The quantitative estimate of drug-likeness (QED) is 0.665. The van der Waals surface area contributed by atoms with E-state index in [0.717, 1.165) is 5.56 Å². The van der Waals surface area contributed by atoms with Gasteiger partial charge in [-0.25, -0.2) is 0 Å². The van der Waals surface area contributed by atoms with Gasteiger partial charge in [0.25, 0.3) is 0 Å². The minimum atomic E-state index is -0.396. The lowest BCUT2D eigenvalue weighted by Crippen LogP contribution is -2.36. The van der Waals surface area contributed by atoms with E-state index in [1.165, 1.54) is 0 Å². The Labute approximate surface area is 125 Å². The number of esters is 1. The molecule has 1 atom stereocenters. The molecule has 1 unspecified atom stereocenters. The lowest BCUT2D eigenvalue weighted by atomic mass is 10.2. The molecule has 0 amide bonds. The Morgan fingerprint density at radius 3 is 2.71 bits per heavy atom. The number of carbonyl (C=O) groups is 1. The third-order valence-electron chi connectivity index (χ3n) is 2.99. The Morgan fingerprint density at radius 1 is 1.38 bits per heavy atom. The van der Waals surface area contributed by atoms with Crippen LogP contribution in [-0.2, 0) is 16.1 Å². The zero-order valence-electron chi connectivity index (χ0n) is 12.7. The van der Waals surface area contributed by atoms with Gasteiger partial charge in [0, 0.05) is 6.42 Å². The molecule has 0 saturated carbocycles. The molecule has 0 aliphatic heterocycles. The van der Waals surface area contributed by atoms with Crippen molar-refractivity contribution in [3.8, 4) is 11.5 Å². The maximum atomic E-state index is 11.6. The first-order valence-corrected chi connectivity index (χ1v) is 6.90. The molecular formula is C15H23NO5. The van der Waals surface area contributed by atoms with Crippen molar-refractivity contribution in [1.82, 2.24) is 5.32 Å². The van der Waals surface area contributed by atoms with Crippen molar-refractivity contribution in [3.63, 3.8) is 0 Å². The fourth-order valence-electron chi connectivity index (χ4n) is 1.84. The molecule has 0 saturated heterocycles. The van der Waals surface area contributed by atoms with Crippen molar-refractivity contribution in [3.05, 3.63) is 23.8 Å². The van der Waals surface area contributed by atoms with Crippen molar-refractivity contribution in [2.45, 2.75) is 26.0 Å². The van der Waals surface area contributed by atoms with E-state index < -0.39 is 6.04 Å². The maximum absolute atomic E-state index is 11.6. The molecular weight excluding hydrogens is 274 g/mol. The largest absolute Gasteiger partial charge is 0.493 e. The van der Waals surface area contributed by atoms with Crippen LogP contribution in [0.1, 0.15) is 18.9 Å². The molecule has 0 aliphatic rings. The summed E-state index contributed by atoms with van der Waals surface area (Å²) in [5.41, 5.74) is 0.749. The van der Waals surface area contributed by atoms with Crippen LogP contribution in [0.3, 0.4) is 0 Å². The van der Waals surface area contributed by atoms with Crippen molar-refractivity contribution in [2.75, 3.05) is 27.4 Å². The van der Waals surface area contributed by atoms with Crippen LogP contribution in [0.25, 0.3) is 0 Å². The molecule has 1 rings (SSSR count). The zero-order chi connectivity index (χ0) is 15.7. The number of benzene rings is 1. The fourth-order valence-corrected chi connectivity index (χ4v) is 1.84. The van der Waals surface area contributed by atoms with Gasteiger partial charge in [-0.05, 0) is 31.7 Å². The van der Waals surface area contributed by atoms with Crippen LogP contribution in [-0.4, -0.2) is 44.5 Å². The van der Waals surface area contributed by atoms with Gasteiger partial charge in [0.05, 0.1) is 26.9 Å². The molecule has 0 spiro atoms. The third kappa shape index (κ3) is 5.24. The molecule has 0 fully saturated rings. The first kappa shape index (κ1) is 17.3. The van der Waals surface area contributed by atoms with Crippen LogP contribution < -0.4 is 14.8 Å². The molecule has 1 aromatic rings. The summed E-state index contributed by atoms with van der Waals surface area (Å²) in [5, 5.41) is 12.0. The van der Waals surface area contributed by atoms with Gasteiger partial charge >= 0.3 is 5.97 Å². The summed E-state index contributed by atoms with van der Waals surface area (Å²) in [6, 6.07) is 4.82. The van der Waals surface area contributed by atoms with Crippen LogP contribution in [0.4, 0.5) is 0 Å². The van der Waals surface area contributed by atoms with Gasteiger partial charge in [0.2, 0.25) is 0 Å². The average Bonchev–Trinajstić information content (AvgIpc) is 2.51. The second-order valence-electron chi connectivity index (χ2n) is 4.37. The Balaban J connectivity index is 2.56. The lowest BCUT2D eigenvalue weighted by Gasteiger charge is -2.16. The molecule has 6 heteroatoms. The van der Waals surface area contributed by atoms with E-state index in [1.54, 1.807) is 39.3 Å². The summed E-state index contributed by atoms with van der Waals surface area (Å²) in [7, 11) is 3.25. The summed E-state index contributed by atoms with van der Waals surface area (Å²) >= 11 is 0. The molecule has 118 valence electrons. The van der Waals surface area contributed by atoms with E-state index in [0.29, 0.717) is 31.1 Å². The number of rotatable bonds is 9. The molecule has 0 radical (unpaired) electrons. The number of hydrogen-bond donors (Lipinski definition) is 2. The first-order chi connectivity index (χ1) is 10.2. The maximum Gasteiger partial charge on any atom is 0.323 e. The van der Waals surface area contributed by atoms with Crippen molar-refractivity contribution in [1.29, 1.82) is 0 Å². The third-order valence-corrected chi connectivity index (χ3v) is 2.99. The van der Waals surface area contributed by atoms with Crippen molar-refractivity contribution < 1.29 is 24.1 Å². The number of likely N-dealkylation sites (N-methyl/N-ethyl adjacent to an activating group) is 1.